The van der Waals surface area contributed by atoms with Gasteiger partial charge in [-0.05, 0) is 41.0 Å². The van der Waals surface area contributed by atoms with E-state index < -0.39 is 22.3 Å². The van der Waals surface area contributed by atoms with Gasteiger partial charge in [-0.3, -0.25) is 9.59 Å². The fraction of sp³-hybridized carbons (Fsp3) is 0.846. The molecule has 0 aromatic carbocycles. The lowest BCUT2D eigenvalue weighted by Gasteiger charge is -2.41. The van der Waals surface area contributed by atoms with Crippen LogP contribution >= 0.6 is 0 Å². The van der Waals surface area contributed by atoms with Gasteiger partial charge in [-0.2, -0.15) is 0 Å². The van der Waals surface area contributed by atoms with Gasteiger partial charge in [0.2, 0.25) is 5.91 Å². The molecule has 0 saturated heterocycles. The summed E-state index contributed by atoms with van der Waals surface area (Å²) in [6.45, 7) is 10.5. The van der Waals surface area contributed by atoms with Crippen molar-refractivity contribution in [1.29, 1.82) is 0 Å². The summed E-state index contributed by atoms with van der Waals surface area (Å²) in [6.07, 6.45) is 0.610. The lowest BCUT2D eigenvalue weighted by atomic mass is 9.73. The van der Waals surface area contributed by atoms with Gasteiger partial charge in [0, 0.05) is 12.1 Å². The largest absolute Gasteiger partial charge is 0.481 e. The highest BCUT2D eigenvalue weighted by Gasteiger charge is 2.46. The third-order valence-corrected chi connectivity index (χ3v) is 4.30. The lowest BCUT2D eigenvalue weighted by Crippen LogP contribution is -2.60. The molecular weight excluding hydrogens is 232 g/mol. The number of carboxylic acids is 1. The number of carbonyl (C=O) groups is 2. The summed E-state index contributed by atoms with van der Waals surface area (Å²) in [4.78, 5) is 23.5. The molecule has 0 heterocycles. The Morgan fingerprint density at radius 2 is 1.61 bits per heavy atom. The lowest BCUT2D eigenvalue weighted by molar-refractivity contribution is -0.152. The summed E-state index contributed by atoms with van der Waals surface area (Å²) < 4.78 is 0. The highest BCUT2D eigenvalue weighted by molar-refractivity contribution is 5.84. The molecule has 0 rings (SSSR count). The van der Waals surface area contributed by atoms with Crippen molar-refractivity contribution in [1.82, 2.24) is 5.32 Å². The van der Waals surface area contributed by atoms with E-state index in [4.69, 9.17) is 5.73 Å². The average molecular weight is 258 g/mol. The molecule has 0 bridgehead atoms. The Morgan fingerprint density at radius 1 is 1.17 bits per heavy atom. The molecule has 0 radical (unpaired) electrons. The highest BCUT2D eigenvalue weighted by Crippen LogP contribution is 2.32. The van der Waals surface area contributed by atoms with E-state index in [1.807, 2.05) is 6.92 Å². The molecule has 4 N–H and O–H groups in total. The standard InChI is InChI=1S/C13H26N2O3/c1-7-13(6,8-14)9(16)15-12(4,5)11(2,3)10(17)18/h7-8,14H2,1-6H3,(H,15,16)(H,17,18). The van der Waals surface area contributed by atoms with E-state index >= 15 is 0 Å². The van der Waals surface area contributed by atoms with Crippen LogP contribution < -0.4 is 11.1 Å². The van der Waals surface area contributed by atoms with Gasteiger partial charge >= 0.3 is 5.97 Å². The molecule has 1 unspecified atom stereocenters. The number of amides is 1. The maximum Gasteiger partial charge on any atom is 0.311 e. The number of carboxylic acid groups (broad SMARTS) is 1. The molecular formula is C13H26N2O3. The molecule has 0 spiro atoms. The zero-order valence-corrected chi connectivity index (χ0v) is 12.3. The molecule has 0 aliphatic heterocycles. The van der Waals surface area contributed by atoms with Crippen LogP contribution in [0.3, 0.4) is 0 Å². The Kier molecular flexibility index (Phi) is 4.94. The number of carbonyl (C=O) groups excluding carboxylic acids is 1. The van der Waals surface area contributed by atoms with Crippen LogP contribution in [-0.2, 0) is 9.59 Å². The molecule has 18 heavy (non-hydrogen) atoms. The molecule has 0 aromatic heterocycles. The Hall–Kier alpha value is -1.10. The molecule has 0 saturated carbocycles. The van der Waals surface area contributed by atoms with Crippen LogP contribution in [0.15, 0.2) is 0 Å². The molecule has 106 valence electrons. The van der Waals surface area contributed by atoms with Gasteiger partial charge < -0.3 is 16.2 Å². The van der Waals surface area contributed by atoms with E-state index in [0.717, 1.165) is 0 Å². The van der Waals surface area contributed by atoms with Gasteiger partial charge in [-0.1, -0.05) is 6.92 Å². The van der Waals surface area contributed by atoms with Crippen LogP contribution in [0, 0.1) is 10.8 Å². The van der Waals surface area contributed by atoms with Gasteiger partial charge in [0.1, 0.15) is 0 Å². The molecule has 5 heteroatoms. The second-order valence-electron chi connectivity index (χ2n) is 6.13. The minimum atomic E-state index is -1.06. The normalized spacial score (nSPS) is 15.9. The van der Waals surface area contributed by atoms with Crippen LogP contribution in [0.2, 0.25) is 0 Å². The summed E-state index contributed by atoms with van der Waals surface area (Å²) in [6, 6.07) is 0. The maximum atomic E-state index is 12.2. The van der Waals surface area contributed by atoms with Crippen LogP contribution in [-0.4, -0.2) is 29.1 Å². The van der Waals surface area contributed by atoms with Crippen molar-refractivity contribution in [3.05, 3.63) is 0 Å². The zero-order chi connectivity index (χ0) is 14.8. The summed E-state index contributed by atoms with van der Waals surface area (Å²) in [5.41, 5.74) is 3.04. The van der Waals surface area contributed by atoms with E-state index in [9.17, 15) is 14.7 Å². The molecule has 0 aromatic rings. The van der Waals surface area contributed by atoms with Crippen LogP contribution in [0.4, 0.5) is 0 Å². The Balaban J connectivity index is 5.11. The third-order valence-electron chi connectivity index (χ3n) is 4.30. The Morgan fingerprint density at radius 3 is 1.89 bits per heavy atom. The smallest absolute Gasteiger partial charge is 0.311 e. The van der Waals surface area contributed by atoms with Crippen molar-refractivity contribution in [3.8, 4) is 0 Å². The fourth-order valence-electron chi connectivity index (χ4n) is 1.26. The predicted octanol–water partition coefficient (Wildman–Crippen LogP) is 1.37. The number of aliphatic carboxylic acids is 1. The predicted molar refractivity (Wildman–Crippen MR) is 71.1 cm³/mol. The molecule has 1 amide bonds. The first-order valence-corrected chi connectivity index (χ1v) is 6.20. The number of hydrogen-bond acceptors (Lipinski definition) is 3. The number of hydrogen-bond donors (Lipinski definition) is 3. The average Bonchev–Trinajstić information content (AvgIpc) is 2.26. The topological polar surface area (TPSA) is 92.4 Å². The first kappa shape index (κ1) is 16.9. The van der Waals surface area contributed by atoms with Crippen LogP contribution in [0.25, 0.3) is 0 Å². The number of rotatable bonds is 6. The monoisotopic (exact) mass is 258 g/mol. The first-order chi connectivity index (χ1) is 7.94. The second-order valence-corrected chi connectivity index (χ2v) is 6.13. The molecule has 0 fully saturated rings. The maximum absolute atomic E-state index is 12.2. The van der Waals surface area contributed by atoms with Crippen molar-refractivity contribution >= 4 is 11.9 Å². The SMILES string of the molecule is CCC(C)(CN)C(=O)NC(C)(C)C(C)(C)C(=O)O. The van der Waals surface area contributed by atoms with Crippen LogP contribution in [0.1, 0.15) is 48.0 Å². The van der Waals surface area contributed by atoms with Crippen LogP contribution in [0.5, 0.6) is 0 Å². The summed E-state index contributed by atoms with van der Waals surface area (Å²) in [5.74, 6) is -1.15. The van der Waals surface area contributed by atoms with Gasteiger partial charge in [0.05, 0.1) is 10.8 Å². The van der Waals surface area contributed by atoms with Crippen molar-refractivity contribution in [2.75, 3.05) is 6.54 Å². The Bertz CT molecular complexity index is 331. The van der Waals surface area contributed by atoms with E-state index in [0.29, 0.717) is 6.42 Å². The molecule has 1 atom stereocenters. The van der Waals surface area contributed by atoms with Crippen molar-refractivity contribution < 1.29 is 14.7 Å². The van der Waals surface area contributed by atoms with Gasteiger partial charge in [0.15, 0.2) is 0 Å². The zero-order valence-electron chi connectivity index (χ0n) is 12.3. The van der Waals surface area contributed by atoms with E-state index in [-0.39, 0.29) is 12.5 Å². The van der Waals surface area contributed by atoms with Gasteiger partial charge in [-0.25, -0.2) is 0 Å². The van der Waals surface area contributed by atoms with Crippen molar-refractivity contribution in [2.45, 2.75) is 53.5 Å². The summed E-state index contributed by atoms with van der Waals surface area (Å²) in [5, 5.41) is 12.1. The fourth-order valence-corrected chi connectivity index (χ4v) is 1.26. The van der Waals surface area contributed by atoms with E-state index in [2.05, 4.69) is 5.32 Å². The van der Waals surface area contributed by atoms with E-state index in [1.165, 1.54) is 0 Å². The molecule has 5 nitrogen and oxygen atoms in total. The van der Waals surface area contributed by atoms with Gasteiger partial charge in [-0.15, -0.1) is 0 Å². The molecule has 0 aliphatic rings. The Labute approximate surface area is 109 Å². The third kappa shape index (κ3) is 3.02. The van der Waals surface area contributed by atoms with Gasteiger partial charge in [0.25, 0.3) is 0 Å². The molecule has 0 aliphatic carbocycles. The highest BCUT2D eigenvalue weighted by atomic mass is 16.4. The van der Waals surface area contributed by atoms with Crippen molar-refractivity contribution in [2.24, 2.45) is 16.6 Å². The number of nitrogens with one attached hydrogen (secondary N) is 1. The first-order valence-electron chi connectivity index (χ1n) is 6.20. The number of nitrogens with two attached hydrogens (primary N) is 1. The summed E-state index contributed by atoms with van der Waals surface area (Å²) >= 11 is 0. The quantitative estimate of drug-likeness (QED) is 0.671. The van der Waals surface area contributed by atoms with Crippen molar-refractivity contribution in [3.63, 3.8) is 0 Å². The summed E-state index contributed by atoms with van der Waals surface area (Å²) in [7, 11) is 0. The minimum Gasteiger partial charge on any atom is -0.481 e. The minimum absolute atomic E-state index is 0.202. The van der Waals surface area contributed by atoms with E-state index in [1.54, 1.807) is 34.6 Å². The second kappa shape index (κ2) is 5.26.